The number of halogens is 1. The van der Waals surface area contributed by atoms with Gasteiger partial charge in [0.2, 0.25) is 0 Å². The van der Waals surface area contributed by atoms with Crippen LogP contribution in [0.3, 0.4) is 0 Å². The number of carbonyl (C=O) groups is 1. The van der Waals surface area contributed by atoms with E-state index in [0.717, 1.165) is 5.52 Å². The number of rotatable bonds is 4. The maximum atomic E-state index is 11.7. The van der Waals surface area contributed by atoms with Crippen molar-refractivity contribution in [1.82, 2.24) is 9.55 Å². The van der Waals surface area contributed by atoms with Crippen LogP contribution in [-0.4, -0.2) is 28.5 Å². The molecule has 2 aromatic rings. The Bertz CT molecular complexity index is 615. The third-order valence-electron chi connectivity index (χ3n) is 2.52. The van der Waals surface area contributed by atoms with E-state index in [4.69, 9.17) is 16.3 Å². The van der Waals surface area contributed by atoms with Gasteiger partial charge in [0.15, 0.2) is 0 Å². The lowest BCUT2D eigenvalue weighted by molar-refractivity contribution is 0.108. The summed E-state index contributed by atoms with van der Waals surface area (Å²) in [7, 11) is 1.57. The molecule has 0 fully saturated rings. The van der Waals surface area contributed by atoms with E-state index in [9.17, 15) is 9.59 Å². The van der Waals surface area contributed by atoms with Crippen molar-refractivity contribution in [2.45, 2.75) is 6.54 Å². The van der Waals surface area contributed by atoms with Gasteiger partial charge < -0.3 is 9.72 Å². The molecule has 0 amide bonds. The van der Waals surface area contributed by atoms with Crippen molar-refractivity contribution in [1.29, 1.82) is 0 Å². The zero-order chi connectivity index (χ0) is 12.4. The predicted octanol–water partition coefficient (Wildman–Crippen LogP) is 1.35. The van der Waals surface area contributed by atoms with Crippen LogP contribution in [0, 0.1) is 0 Å². The van der Waals surface area contributed by atoms with Crippen LogP contribution in [0.25, 0.3) is 11.0 Å². The standard InChI is InChI=1S/C11H11ClN2O3/c1-17-5-4-14-9-3-2-7(10(12)15)6-8(9)13-11(14)16/h2-3,6H,4-5H2,1H3,(H,13,16). The zero-order valence-corrected chi connectivity index (χ0v) is 9.95. The smallest absolute Gasteiger partial charge is 0.326 e. The average Bonchev–Trinajstić information content (AvgIpc) is 2.61. The van der Waals surface area contributed by atoms with E-state index < -0.39 is 5.24 Å². The Kier molecular flexibility index (Phi) is 3.31. The molecular formula is C11H11ClN2O3. The van der Waals surface area contributed by atoms with E-state index in [1.807, 2.05) is 0 Å². The molecule has 1 heterocycles. The van der Waals surface area contributed by atoms with Crippen LogP contribution in [0.2, 0.25) is 0 Å². The molecule has 1 N–H and O–H groups in total. The summed E-state index contributed by atoms with van der Waals surface area (Å²) in [5.74, 6) is 0. The first-order valence-corrected chi connectivity index (χ1v) is 5.42. The van der Waals surface area contributed by atoms with Crippen LogP contribution in [0.15, 0.2) is 23.0 Å². The van der Waals surface area contributed by atoms with Crippen LogP contribution in [-0.2, 0) is 11.3 Å². The van der Waals surface area contributed by atoms with Gasteiger partial charge in [0.1, 0.15) is 0 Å². The second-order valence-corrected chi connectivity index (χ2v) is 3.92. The van der Waals surface area contributed by atoms with Crippen LogP contribution in [0.5, 0.6) is 0 Å². The Morgan fingerprint density at radius 2 is 2.29 bits per heavy atom. The van der Waals surface area contributed by atoms with Crippen molar-refractivity contribution in [2.75, 3.05) is 13.7 Å². The number of carbonyl (C=O) groups excluding carboxylic acids is 1. The third kappa shape index (κ3) is 2.25. The van der Waals surface area contributed by atoms with Crippen LogP contribution in [0.4, 0.5) is 0 Å². The number of benzene rings is 1. The van der Waals surface area contributed by atoms with Crippen LogP contribution >= 0.6 is 11.6 Å². The number of hydrogen-bond acceptors (Lipinski definition) is 3. The molecule has 2 rings (SSSR count). The summed E-state index contributed by atoms with van der Waals surface area (Å²) in [5, 5.41) is -0.544. The highest BCUT2D eigenvalue weighted by Gasteiger charge is 2.09. The van der Waals surface area contributed by atoms with Gasteiger partial charge in [0.05, 0.1) is 24.2 Å². The summed E-state index contributed by atoms with van der Waals surface area (Å²) in [6.45, 7) is 0.909. The minimum Gasteiger partial charge on any atom is -0.383 e. The predicted molar refractivity (Wildman–Crippen MR) is 64.6 cm³/mol. The molecule has 1 aromatic carbocycles. The highest BCUT2D eigenvalue weighted by atomic mass is 35.5. The molecule has 0 aliphatic carbocycles. The molecule has 0 unspecified atom stereocenters. The summed E-state index contributed by atoms with van der Waals surface area (Å²) in [6.07, 6.45) is 0. The summed E-state index contributed by atoms with van der Waals surface area (Å²) in [4.78, 5) is 25.3. The Labute approximate surface area is 102 Å². The van der Waals surface area contributed by atoms with Crippen molar-refractivity contribution in [3.63, 3.8) is 0 Å². The van der Waals surface area contributed by atoms with Crippen molar-refractivity contribution in [3.8, 4) is 0 Å². The lowest BCUT2D eigenvalue weighted by Crippen LogP contribution is -2.18. The molecule has 0 atom stereocenters. The molecule has 0 saturated heterocycles. The number of fused-ring (bicyclic) bond motifs is 1. The van der Waals surface area contributed by atoms with Crippen molar-refractivity contribution < 1.29 is 9.53 Å². The van der Waals surface area contributed by atoms with Crippen molar-refractivity contribution in [2.24, 2.45) is 0 Å². The van der Waals surface area contributed by atoms with Gasteiger partial charge in [-0.3, -0.25) is 9.36 Å². The first-order chi connectivity index (χ1) is 8.13. The van der Waals surface area contributed by atoms with Gasteiger partial charge in [-0.15, -0.1) is 0 Å². The van der Waals surface area contributed by atoms with Gasteiger partial charge in [-0.2, -0.15) is 0 Å². The normalized spacial score (nSPS) is 10.9. The van der Waals surface area contributed by atoms with Gasteiger partial charge in [0, 0.05) is 12.7 Å². The molecule has 0 aliphatic rings. The number of aromatic amines is 1. The fourth-order valence-electron chi connectivity index (χ4n) is 1.69. The molecule has 90 valence electrons. The Hall–Kier alpha value is -1.59. The molecule has 0 saturated carbocycles. The molecule has 0 spiro atoms. The minimum absolute atomic E-state index is 0.226. The molecule has 0 aliphatic heterocycles. The lowest BCUT2D eigenvalue weighted by Gasteiger charge is -2.02. The molecule has 0 bridgehead atoms. The summed E-state index contributed by atoms with van der Waals surface area (Å²) < 4.78 is 6.49. The number of methoxy groups -OCH3 is 1. The summed E-state index contributed by atoms with van der Waals surface area (Å²) >= 11 is 5.38. The number of hydrogen-bond donors (Lipinski definition) is 1. The largest absolute Gasteiger partial charge is 0.383 e. The minimum atomic E-state index is -0.544. The summed E-state index contributed by atoms with van der Waals surface area (Å²) in [6, 6.07) is 4.85. The first kappa shape index (κ1) is 11.9. The number of aromatic nitrogens is 2. The topological polar surface area (TPSA) is 64.1 Å². The molecule has 1 aromatic heterocycles. The monoisotopic (exact) mass is 254 g/mol. The van der Waals surface area contributed by atoms with Gasteiger partial charge in [-0.05, 0) is 29.8 Å². The highest BCUT2D eigenvalue weighted by molar-refractivity contribution is 6.67. The van der Waals surface area contributed by atoms with Gasteiger partial charge in [0.25, 0.3) is 5.24 Å². The number of H-pyrrole nitrogens is 1. The average molecular weight is 255 g/mol. The van der Waals surface area contributed by atoms with Gasteiger partial charge in [-0.25, -0.2) is 4.79 Å². The first-order valence-electron chi connectivity index (χ1n) is 5.05. The molecule has 6 heteroatoms. The van der Waals surface area contributed by atoms with Crippen LogP contribution in [0.1, 0.15) is 10.4 Å². The quantitative estimate of drug-likeness (QED) is 0.838. The van der Waals surface area contributed by atoms with Gasteiger partial charge >= 0.3 is 5.69 Å². The summed E-state index contributed by atoms with van der Waals surface area (Å²) in [5.41, 5.74) is 1.46. The molecule has 5 nitrogen and oxygen atoms in total. The SMILES string of the molecule is COCCn1c(=O)[nH]c2cc(C(=O)Cl)ccc21. The van der Waals surface area contributed by atoms with E-state index in [2.05, 4.69) is 4.98 Å². The van der Waals surface area contributed by atoms with E-state index in [0.29, 0.717) is 24.2 Å². The maximum Gasteiger partial charge on any atom is 0.326 e. The fraction of sp³-hybridized carbons (Fsp3) is 0.273. The van der Waals surface area contributed by atoms with Crippen molar-refractivity contribution >= 4 is 27.9 Å². The van der Waals surface area contributed by atoms with E-state index in [1.165, 1.54) is 0 Å². The second-order valence-electron chi connectivity index (χ2n) is 3.58. The Morgan fingerprint density at radius 3 is 2.94 bits per heavy atom. The van der Waals surface area contributed by atoms with E-state index in [1.54, 1.807) is 29.9 Å². The fourth-order valence-corrected chi connectivity index (χ4v) is 1.81. The number of nitrogens with zero attached hydrogens (tertiary/aromatic N) is 1. The highest BCUT2D eigenvalue weighted by Crippen LogP contribution is 2.14. The molecule has 0 radical (unpaired) electrons. The van der Waals surface area contributed by atoms with E-state index >= 15 is 0 Å². The maximum absolute atomic E-state index is 11.7. The number of nitrogens with one attached hydrogen (secondary N) is 1. The zero-order valence-electron chi connectivity index (χ0n) is 9.20. The van der Waals surface area contributed by atoms with Crippen LogP contribution < -0.4 is 5.69 Å². The lowest BCUT2D eigenvalue weighted by atomic mass is 10.2. The Balaban J connectivity index is 2.52. The van der Waals surface area contributed by atoms with Crippen molar-refractivity contribution in [3.05, 3.63) is 34.2 Å². The van der Waals surface area contributed by atoms with E-state index in [-0.39, 0.29) is 5.69 Å². The molecular weight excluding hydrogens is 244 g/mol. The molecule has 17 heavy (non-hydrogen) atoms. The second kappa shape index (κ2) is 4.73. The van der Waals surface area contributed by atoms with Gasteiger partial charge in [-0.1, -0.05) is 0 Å². The Morgan fingerprint density at radius 1 is 1.53 bits per heavy atom. The number of ether oxygens (including phenoxy) is 1. The third-order valence-corrected chi connectivity index (χ3v) is 2.74. The number of imidazole rings is 1.